The fraction of sp³-hybridized carbons (Fsp3) is 0.417. The average Bonchev–Trinajstić information content (AvgIpc) is 3.54. The first-order valence-corrected chi connectivity index (χ1v) is 11.9. The van der Waals surface area contributed by atoms with Gasteiger partial charge >= 0.3 is 0 Å². The molecule has 0 spiro atoms. The first-order chi connectivity index (χ1) is 17.2. The lowest BCUT2D eigenvalue weighted by Crippen LogP contribution is -2.38. The van der Waals surface area contributed by atoms with Crippen LogP contribution in [0.3, 0.4) is 0 Å². The molecule has 1 saturated heterocycles. The summed E-state index contributed by atoms with van der Waals surface area (Å²) in [6.07, 6.45) is 12.0. The molecule has 2 aliphatic rings. The molecule has 1 saturated carbocycles. The fourth-order valence-corrected chi connectivity index (χ4v) is 4.69. The third-order valence-electron chi connectivity index (χ3n) is 6.97. The summed E-state index contributed by atoms with van der Waals surface area (Å²) in [5.74, 6) is 1.44. The number of anilines is 1. The molecule has 4 aromatic rings. The van der Waals surface area contributed by atoms with Gasteiger partial charge in [0.15, 0.2) is 5.82 Å². The Balaban J connectivity index is 1.18. The molecule has 0 bridgehead atoms. The SMILES string of the molecule is Nc1ncc(-c2ccc(C3(c4noc(-c5cnn(CCN6CCOCC6)c5)n4)CCC3)cn2)cn1. The zero-order chi connectivity index (χ0) is 23.7. The van der Waals surface area contributed by atoms with E-state index in [0.29, 0.717) is 11.7 Å². The van der Waals surface area contributed by atoms with Crippen LogP contribution in [0.25, 0.3) is 22.7 Å². The molecule has 11 nitrogen and oxygen atoms in total. The van der Waals surface area contributed by atoms with Gasteiger partial charge in [-0.2, -0.15) is 10.1 Å². The van der Waals surface area contributed by atoms with E-state index in [0.717, 1.165) is 81.0 Å². The maximum atomic E-state index is 5.68. The molecular weight excluding hydrogens is 446 g/mol. The Kier molecular flexibility index (Phi) is 5.71. The van der Waals surface area contributed by atoms with Crippen LogP contribution in [0.2, 0.25) is 0 Å². The molecule has 180 valence electrons. The second-order valence-corrected chi connectivity index (χ2v) is 9.07. The molecule has 6 rings (SSSR count). The van der Waals surface area contributed by atoms with Crippen molar-refractivity contribution in [2.45, 2.75) is 31.2 Å². The van der Waals surface area contributed by atoms with Crippen molar-refractivity contribution in [1.82, 2.24) is 39.8 Å². The molecule has 4 aromatic heterocycles. The predicted octanol–water partition coefficient (Wildman–Crippen LogP) is 2.17. The smallest absolute Gasteiger partial charge is 0.261 e. The summed E-state index contributed by atoms with van der Waals surface area (Å²) >= 11 is 0. The first-order valence-electron chi connectivity index (χ1n) is 11.9. The van der Waals surface area contributed by atoms with Gasteiger partial charge < -0.3 is 15.0 Å². The third kappa shape index (κ3) is 4.28. The molecule has 0 unspecified atom stereocenters. The Labute approximate surface area is 202 Å². The third-order valence-corrected chi connectivity index (χ3v) is 6.97. The average molecular weight is 474 g/mol. The van der Waals surface area contributed by atoms with Gasteiger partial charge in [-0.3, -0.25) is 14.6 Å². The van der Waals surface area contributed by atoms with E-state index in [4.69, 9.17) is 20.0 Å². The molecule has 0 aromatic carbocycles. The minimum Gasteiger partial charge on any atom is -0.379 e. The Hall–Kier alpha value is -3.70. The van der Waals surface area contributed by atoms with Crippen LogP contribution in [0, 0.1) is 0 Å². The molecule has 5 heterocycles. The number of nitrogens with zero attached hydrogens (tertiary/aromatic N) is 8. The molecule has 0 atom stereocenters. The van der Waals surface area contributed by atoms with E-state index in [1.807, 2.05) is 23.1 Å². The van der Waals surface area contributed by atoms with Gasteiger partial charge in [-0.15, -0.1) is 0 Å². The van der Waals surface area contributed by atoms with E-state index < -0.39 is 0 Å². The van der Waals surface area contributed by atoms with Crippen molar-refractivity contribution in [3.63, 3.8) is 0 Å². The Morgan fingerprint density at radius 2 is 1.77 bits per heavy atom. The Morgan fingerprint density at radius 1 is 0.943 bits per heavy atom. The molecule has 1 aliphatic carbocycles. The van der Waals surface area contributed by atoms with Crippen molar-refractivity contribution >= 4 is 5.95 Å². The number of hydrogen-bond acceptors (Lipinski definition) is 10. The standard InChI is InChI=1S/C24H27N9O2/c25-23-27-12-17(13-28-23)20-3-2-19(15-26-20)24(4-1-5-24)22-30-21(35-31-22)18-14-29-33(16-18)7-6-32-8-10-34-11-9-32/h2-3,12-16H,1,4-11H2,(H2,25,27,28). The van der Waals surface area contributed by atoms with Gasteiger partial charge in [0, 0.05) is 50.0 Å². The number of morpholine rings is 1. The zero-order valence-corrected chi connectivity index (χ0v) is 19.4. The quantitative estimate of drug-likeness (QED) is 0.425. The summed E-state index contributed by atoms with van der Waals surface area (Å²) in [5.41, 5.74) is 8.83. The molecule has 0 amide bonds. The highest BCUT2D eigenvalue weighted by atomic mass is 16.5. The van der Waals surface area contributed by atoms with Crippen molar-refractivity contribution < 1.29 is 9.26 Å². The minimum atomic E-state index is -0.281. The van der Waals surface area contributed by atoms with E-state index in [1.165, 1.54) is 0 Å². The van der Waals surface area contributed by atoms with Crippen molar-refractivity contribution in [2.75, 3.05) is 38.6 Å². The maximum Gasteiger partial charge on any atom is 0.261 e. The monoisotopic (exact) mass is 473 g/mol. The summed E-state index contributed by atoms with van der Waals surface area (Å²) in [4.78, 5) is 19.9. The van der Waals surface area contributed by atoms with Gasteiger partial charge in [-0.25, -0.2) is 9.97 Å². The van der Waals surface area contributed by atoms with Crippen LogP contribution in [-0.4, -0.2) is 72.6 Å². The second-order valence-electron chi connectivity index (χ2n) is 9.07. The highest BCUT2D eigenvalue weighted by Gasteiger charge is 2.45. The number of ether oxygens (including phenoxy) is 1. The molecule has 1 aliphatic heterocycles. The van der Waals surface area contributed by atoms with Gasteiger partial charge in [-0.1, -0.05) is 17.6 Å². The molecular formula is C24H27N9O2. The number of rotatable bonds is 7. The van der Waals surface area contributed by atoms with Gasteiger partial charge in [0.05, 0.1) is 42.6 Å². The van der Waals surface area contributed by atoms with Crippen LogP contribution in [0.1, 0.15) is 30.7 Å². The van der Waals surface area contributed by atoms with E-state index in [2.05, 4.69) is 36.2 Å². The number of pyridine rings is 1. The first kappa shape index (κ1) is 21.8. The lowest BCUT2D eigenvalue weighted by atomic mass is 9.64. The van der Waals surface area contributed by atoms with Crippen LogP contribution in [0.5, 0.6) is 0 Å². The van der Waals surface area contributed by atoms with Crippen molar-refractivity contribution in [1.29, 1.82) is 0 Å². The summed E-state index contributed by atoms with van der Waals surface area (Å²) in [5, 5.41) is 8.86. The summed E-state index contributed by atoms with van der Waals surface area (Å²) in [6, 6.07) is 4.06. The normalized spacial score (nSPS) is 17.8. The van der Waals surface area contributed by atoms with E-state index in [9.17, 15) is 0 Å². The predicted molar refractivity (Wildman–Crippen MR) is 127 cm³/mol. The fourth-order valence-electron chi connectivity index (χ4n) is 4.69. The molecule has 11 heteroatoms. The Bertz CT molecular complexity index is 1270. The lowest BCUT2D eigenvalue weighted by Gasteiger charge is -2.39. The summed E-state index contributed by atoms with van der Waals surface area (Å²) in [7, 11) is 0. The summed E-state index contributed by atoms with van der Waals surface area (Å²) < 4.78 is 13.0. The van der Waals surface area contributed by atoms with Gasteiger partial charge in [0.2, 0.25) is 5.95 Å². The van der Waals surface area contributed by atoms with Crippen LogP contribution in [-0.2, 0) is 16.7 Å². The highest BCUT2D eigenvalue weighted by molar-refractivity contribution is 5.58. The zero-order valence-electron chi connectivity index (χ0n) is 19.4. The van der Waals surface area contributed by atoms with Crippen molar-refractivity contribution in [2.24, 2.45) is 0 Å². The highest BCUT2D eigenvalue weighted by Crippen LogP contribution is 2.48. The topological polar surface area (TPSA) is 134 Å². The minimum absolute atomic E-state index is 0.245. The van der Waals surface area contributed by atoms with Crippen molar-refractivity contribution in [3.05, 3.63) is 54.5 Å². The van der Waals surface area contributed by atoms with Crippen LogP contribution >= 0.6 is 0 Å². The van der Waals surface area contributed by atoms with Crippen LogP contribution < -0.4 is 5.73 Å². The van der Waals surface area contributed by atoms with Gasteiger partial charge in [0.25, 0.3) is 5.89 Å². The van der Waals surface area contributed by atoms with Crippen LogP contribution in [0.4, 0.5) is 5.95 Å². The number of nitrogens with two attached hydrogens (primary N) is 1. The van der Waals surface area contributed by atoms with E-state index in [1.54, 1.807) is 18.6 Å². The van der Waals surface area contributed by atoms with Gasteiger partial charge in [-0.05, 0) is 24.5 Å². The van der Waals surface area contributed by atoms with E-state index in [-0.39, 0.29) is 11.4 Å². The molecule has 2 fully saturated rings. The molecule has 35 heavy (non-hydrogen) atoms. The van der Waals surface area contributed by atoms with Crippen LogP contribution in [0.15, 0.2) is 47.6 Å². The maximum absolute atomic E-state index is 5.68. The molecule has 2 N–H and O–H groups in total. The van der Waals surface area contributed by atoms with E-state index >= 15 is 0 Å². The number of aromatic nitrogens is 7. The Morgan fingerprint density at radius 3 is 2.49 bits per heavy atom. The largest absolute Gasteiger partial charge is 0.379 e. The van der Waals surface area contributed by atoms with Crippen molar-refractivity contribution in [3.8, 4) is 22.7 Å². The molecule has 0 radical (unpaired) electrons. The number of hydrogen-bond donors (Lipinski definition) is 1. The lowest BCUT2D eigenvalue weighted by molar-refractivity contribution is 0.0360. The second kappa shape index (κ2) is 9.16. The van der Waals surface area contributed by atoms with Gasteiger partial charge in [0.1, 0.15) is 0 Å². The summed E-state index contributed by atoms with van der Waals surface area (Å²) in [6.45, 7) is 5.27. The number of nitrogen functional groups attached to an aromatic ring is 1.